The monoisotopic (exact) mass is 319 g/mol. The smallest absolute Gasteiger partial charge is 0.321 e. The summed E-state index contributed by atoms with van der Waals surface area (Å²) in [6.07, 6.45) is 4.25. The van der Waals surface area contributed by atoms with Crippen molar-refractivity contribution in [3.8, 4) is 0 Å². The van der Waals surface area contributed by atoms with Crippen molar-refractivity contribution in [3.63, 3.8) is 0 Å². The molecule has 2 aliphatic rings. The molecule has 23 heavy (non-hydrogen) atoms. The van der Waals surface area contributed by atoms with Crippen molar-refractivity contribution < 1.29 is 9.59 Å². The summed E-state index contributed by atoms with van der Waals surface area (Å²) >= 11 is 0. The van der Waals surface area contributed by atoms with E-state index in [4.69, 9.17) is 0 Å². The molecule has 0 bridgehead atoms. The van der Waals surface area contributed by atoms with Crippen LogP contribution in [-0.4, -0.2) is 45.2 Å². The van der Waals surface area contributed by atoms with Crippen LogP contribution in [0.1, 0.15) is 51.1 Å². The number of nitrogens with zero attached hydrogens (tertiary/aromatic N) is 3. The van der Waals surface area contributed by atoms with Gasteiger partial charge in [-0.15, -0.1) is 0 Å². The summed E-state index contributed by atoms with van der Waals surface area (Å²) in [7, 11) is 1.82. The lowest BCUT2D eigenvalue weighted by Gasteiger charge is -2.22. The maximum absolute atomic E-state index is 12.2. The molecule has 7 nitrogen and oxygen atoms in total. The van der Waals surface area contributed by atoms with Crippen LogP contribution in [0.2, 0.25) is 0 Å². The second-order valence-electron chi connectivity index (χ2n) is 6.77. The Bertz CT molecular complexity index is 606. The van der Waals surface area contributed by atoms with Crippen LogP contribution in [-0.2, 0) is 11.8 Å². The van der Waals surface area contributed by atoms with Gasteiger partial charge in [-0.05, 0) is 33.1 Å². The molecule has 1 aliphatic carbocycles. The molecule has 0 radical (unpaired) electrons. The molecule has 7 heteroatoms. The van der Waals surface area contributed by atoms with Gasteiger partial charge in [0.25, 0.3) is 0 Å². The van der Waals surface area contributed by atoms with Gasteiger partial charge in [-0.25, -0.2) is 4.79 Å². The van der Waals surface area contributed by atoms with E-state index in [2.05, 4.69) is 15.7 Å². The summed E-state index contributed by atoms with van der Waals surface area (Å²) in [4.78, 5) is 26.2. The van der Waals surface area contributed by atoms with E-state index in [0.717, 1.165) is 5.69 Å². The molecule has 2 fully saturated rings. The summed E-state index contributed by atoms with van der Waals surface area (Å²) in [5.41, 5.74) is 1.04. The summed E-state index contributed by atoms with van der Waals surface area (Å²) in [5.74, 6) is 1.18. The number of aryl methyl sites for hydroxylation is 1. The number of nitrogens with one attached hydrogen (secondary N) is 2. The topological polar surface area (TPSA) is 79.3 Å². The third-order valence-electron chi connectivity index (χ3n) is 4.83. The van der Waals surface area contributed by atoms with Gasteiger partial charge in [0.05, 0.1) is 5.69 Å². The van der Waals surface area contributed by atoms with E-state index in [1.165, 1.54) is 19.3 Å². The number of aromatic nitrogens is 2. The SMILES string of the molecule is CC(C)N1CCC(NC(=O)Nc2cc(C3CCC3)nn2C)C1=O. The fraction of sp³-hybridized carbons (Fsp3) is 0.688. The van der Waals surface area contributed by atoms with E-state index in [1.807, 2.05) is 27.0 Å². The zero-order chi connectivity index (χ0) is 16.6. The van der Waals surface area contributed by atoms with E-state index < -0.39 is 6.04 Å². The minimum Gasteiger partial charge on any atom is -0.338 e. The van der Waals surface area contributed by atoms with Crippen LogP contribution in [0.3, 0.4) is 0 Å². The van der Waals surface area contributed by atoms with Crippen LogP contribution >= 0.6 is 0 Å². The van der Waals surface area contributed by atoms with Crippen LogP contribution in [0.4, 0.5) is 10.6 Å². The van der Waals surface area contributed by atoms with E-state index >= 15 is 0 Å². The van der Waals surface area contributed by atoms with Crippen molar-refractivity contribution in [1.82, 2.24) is 20.0 Å². The predicted molar refractivity (Wildman–Crippen MR) is 87.2 cm³/mol. The fourth-order valence-electron chi connectivity index (χ4n) is 3.17. The lowest BCUT2D eigenvalue weighted by molar-refractivity contribution is -0.130. The Hall–Kier alpha value is -2.05. The highest BCUT2D eigenvalue weighted by molar-refractivity contribution is 5.94. The van der Waals surface area contributed by atoms with Crippen molar-refractivity contribution in [1.29, 1.82) is 0 Å². The van der Waals surface area contributed by atoms with Gasteiger partial charge < -0.3 is 10.2 Å². The van der Waals surface area contributed by atoms with Gasteiger partial charge in [0.15, 0.2) is 0 Å². The number of likely N-dealkylation sites (tertiary alicyclic amines) is 1. The maximum Gasteiger partial charge on any atom is 0.321 e. The van der Waals surface area contributed by atoms with Gasteiger partial charge >= 0.3 is 6.03 Å². The van der Waals surface area contributed by atoms with Crippen molar-refractivity contribution in [2.24, 2.45) is 7.05 Å². The summed E-state index contributed by atoms with van der Waals surface area (Å²) in [5, 5.41) is 10.0. The number of hydrogen-bond donors (Lipinski definition) is 2. The van der Waals surface area contributed by atoms with Crippen LogP contribution in [0.15, 0.2) is 6.07 Å². The molecule has 1 unspecified atom stereocenters. The molecule has 1 aromatic rings. The first-order valence-corrected chi connectivity index (χ1v) is 8.37. The second-order valence-corrected chi connectivity index (χ2v) is 6.77. The zero-order valence-corrected chi connectivity index (χ0v) is 14.0. The first kappa shape index (κ1) is 15.8. The molecular weight excluding hydrogens is 294 g/mol. The van der Waals surface area contributed by atoms with Gasteiger partial charge in [0.1, 0.15) is 11.9 Å². The normalized spacial score (nSPS) is 21.7. The van der Waals surface area contributed by atoms with E-state index in [1.54, 1.807) is 9.58 Å². The average molecular weight is 319 g/mol. The minimum atomic E-state index is -0.434. The van der Waals surface area contributed by atoms with Gasteiger partial charge in [-0.1, -0.05) is 6.42 Å². The molecule has 0 aromatic carbocycles. The standard InChI is InChI=1S/C16H25N5O2/c1-10(2)21-8-7-12(15(21)22)17-16(23)18-14-9-13(19-20(14)3)11-5-4-6-11/h9-12H,4-8H2,1-3H3,(H2,17,18,23). The highest BCUT2D eigenvalue weighted by Crippen LogP contribution is 2.36. The van der Waals surface area contributed by atoms with E-state index in [9.17, 15) is 9.59 Å². The van der Waals surface area contributed by atoms with Crippen LogP contribution in [0.25, 0.3) is 0 Å². The molecule has 2 heterocycles. The van der Waals surface area contributed by atoms with Gasteiger partial charge in [-0.2, -0.15) is 5.10 Å². The molecule has 1 atom stereocenters. The molecular formula is C16H25N5O2. The Kier molecular flexibility index (Phi) is 4.28. The Balaban J connectivity index is 1.57. The Morgan fingerprint density at radius 1 is 1.35 bits per heavy atom. The summed E-state index contributed by atoms with van der Waals surface area (Å²) < 4.78 is 1.68. The van der Waals surface area contributed by atoms with Crippen LogP contribution in [0.5, 0.6) is 0 Å². The molecule has 1 aromatic heterocycles. The second kappa shape index (κ2) is 6.22. The molecule has 3 rings (SSSR count). The number of hydrogen-bond acceptors (Lipinski definition) is 3. The predicted octanol–water partition coefficient (Wildman–Crippen LogP) is 1.82. The third-order valence-corrected chi connectivity index (χ3v) is 4.83. The van der Waals surface area contributed by atoms with Crippen molar-refractivity contribution in [2.45, 2.75) is 57.5 Å². The maximum atomic E-state index is 12.2. The molecule has 1 aliphatic heterocycles. The number of anilines is 1. The minimum absolute atomic E-state index is 0.00434. The third kappa shape index (κ3) is 3.18. The van der Waals surface area contributed by atoms with E-state index in [-0.39, 0.29) is 18.0 Å². The van der Waals surface area contributed by atoms with Crippen molar-refractivity contribution in [3.05, 3.63) is 11.8 Å². The number of amides is 3. The lowest BCUT2D eigenvalue weighted by atomic mass is 9.83. The molecule has 0 spiro atoms. The summed E-state index contributed by atoms with van der Waals surface area (Å²) in [6.45, 7) is 4.66. The first-order chi connectivity index (χ1) is 11.0. The quantitative estimate of drug-likeness (QED) is 0.888. The van der Waals surface area contributed by atoms with Gasteiger partial charge in [0.2, 0.25) is 5.91 Å². The molecule has 126 valence electrons. The van der Waals surface area contributed by atoms with Gasteiger partial charge in [0, 0.05) is 31.6 Å². The Labute approximate surface area is 136 Å². The Morgan fingerprint density at radius 3 is 2.65 bits per heavy atom. The molecule has 3 amide bonds. The van der Waals surface area contributed by atoms with Crippen LogP contribution in [0, 0.1) is 0 Å². The van der Waals surface area contributed by atoms with E-state index in [0.29, 0.717) is 24.7 Å². The molecule has 1 saturated carbocycles. The van der Waals surface area contributed by atoms with Crippen molar-refractivity contribution in [2.75, 3.05) is 11.9 Å². The van der Waals surface area contributed by atoms with Gasteiger partial charge in [-0.3, -0.25) is 14.8 Å². The average Bonchev–Trinajstić information content (AvgIpc) is 2.93. The highest BCUT2D eigenvalue weighted by atomic mass is 16.2. The zero-order valence-electron chi connectivity index (χ0n) is 14.0. The highest BCUT2D eigenvalue weighted by Gasteiger charge is 2.34. The van der Waals surface area contributed by atoms with Crippen molar-refractivity contribution >= 4 is 17.8 Å². The lowest BCUT2D eigenvalue weighted by Crippen LogP contribution is -2.44. The van der Waals surface area contributed by atoms with Crippen LogP contribution < -0.4 is 10.6 Å². The Morgan fingerprint density at radius 2 is 2.09 bits per heavy atom. The largest absolute Gasteiger partial charge is 0.338 e. The number of carbonyl (C=O) groups is 2. The molecule has 2 N–H and O–H groups in total. The number of urea groups is 1. The fourth-order valence-corrected chi connectivity index (χ4v) is 3.17. The first-order valence-electron chi connectivity index (χ1n) is 8.37. The number of carbonyl (C=O) groups excluding carboxylic acids is 2. The number of rotatable bonds is 4. The molecule has 1 saturated heterocycles. The summed E-state index contributed by atoms with van der Waals surface area (Å²) in [6, 6.07) is 1.31.